The van der Waals surface area contributed by atoms with Gasteiger partial charge in [0.1, 0.15) is 22.8 Å². The Kier molecular flexibility index (Phi) is 13.8. The maximum atomic E-state index is 11.6. The van der Waals surface area contributed by atoms with Crippen molar-refractivity contribution in [1.29, 1.82) is 10.5 Å². The third-order valence-electron chi connectivity index (χ3n) is 7.87. The normalized spacial score (nSPS) is 11.9. The number of rotatable bonds is 16. The zero-order valence-electron chi connectivity index (χ0n) is 29.8. The summed E-state index contributed by atoms with van der Waals surface area (Å²) in [5.41, 5.74) is 1.36. The number of nitriles is 2. The Morgan fingerprint density at radius 3 is 1.93 bits per heavy atom. The van der Waals surface area contributed by atoms with Gasteiger partial charge < -0.3 is 10.6 Å². The van der Waals surface area contributed by atoms with E-state index in [0.29, 0.717) is 56.0 Å². The summed E-state index contributed by atoms with van der Waals surface area (Å²) in [4.78, 5) is 4.78. The van der Waals surface area contributed by atoms with Gasteiger partial charge in [-0.1, -0.05) is 27.5 Å². The van der Waals surface area contributed by atoms with Crippen LogP contribution in [0.2, 0.25) is 0 Å². The van der Waals surface area contributed by atoms with E-state index < -0.39 is 20.2 Å². The van der Waals surface area contributed by atoms with Gasteiger partial charge in [-0.15, -0.1) is 29.1 Å². The van der Waals surface area contributed by atoms with Crippen LogP contribution >= 0.6 is 35.4 Å². The van der Waals surface area contributed by atoms with Gasteiger partial charge in [0.05, 0.1) is 50.7 Å². The van der Waals surface area contributed by atoms with Gasteiger partial charge >= 0.3 is 0 Å². The predicted octanol–water partition coefficient (Wildman–Crippen LogP) is 10.0. The highest BCUT2D eigenvalue weighted by molar-refractivity contribution is 7.95. The van der Waals surface area contributed by atoms with Crippen LogP contribution in [0.1, 0.15) is 16.7 Å². The van der Waals surface area contributed by atoms with Crippen molar-refractivity contribution in [3.63, 3.8) is 0 Å². The number of hydrogen-bond acceptors (Lipinski definition) is 22. The third kappa shape index (κ3) is 10.6. The number of pyridine rings is 1. The molecular weight excluding hydrogens is 887 g/mol. The summed E-state index contributed by atoms with van der Waals surface area (Å²) in [5, 5.41) is 69.5. The lowest BCUT2D eigenvalue weighted by molar-refractivity contribution is -0.432. The fraction of sp³-hybridized carbons (Fsp3) is 0.0294. The number of aromatic nitrogens is 1. The van der Waals surface area contributed by atoms with Crippen molar-refractivity contribution in [2.24, 2.45) is 20.5 Å². The van der Waals surface area contributed by atoms with Gasteiger partial charge in [-0.25, -0.2) is 15.5 Å². The summed E-state index contributed by atoms with van der Waals surface area (Å²) < 4.78 is 74.2. The summed E-state index contributed by atoms with van der Waals surface area (Å²) in [7, 11) is -8.97. The summed E-state index contributed by atoms with van der Waals surface area (Å²) >= 11 is 2.36. The fourth-order valence-corrected chi connectivity index (χ4v) is 7.97. The maximum absolute atomic E-state index is 11.6. The minimum Gasteiger partial charge on any atom is -0.339 e. The molecule has 0 bridgehead atoms. The van der Waals surface area contributed by atoms with Crippen molar-refractivity contribution in [1.82, 2.24) is 4.98 Å². The van der Waals surface area contributed by atoms with Gasteiger partial charge in [-0.3, -0.25) is 9.11 Å². The van der Waals surface area contributed by atoms with E-state index in [1.165, 1.54) is 30.3 Å². The van der Waals surface area contributed by atoms with Gasteiger partial charge in [0, 0.05) is 26.7 Å². The summed E-state index contributed by atoms with van der Waals surface area (Å²) in [6.45, 7) is 1.56. The van der Waals surface area contributed by atoms with Gasteiger partial charge in [0.15, 0.2) is 16.6 Å². The molecule has 0 fully saturated rings. The number of nitrogens with zero attached hydrogens (tertiary/aromatic N) is 7. The molecule has 0 aliphatic carbocycles. The highest BCUT2D eigenvalue weighted by Crippen LogP contribution is 2.42. The van der Waals surface area contributed by atoms with Gasteiger partial charge in [-0.2, -0.15) is 27.4 Å². The van der Waals surface area contributed by atoms with Crippen molar-refractivity contribution in [2.75, 3.05) is 10.6 Å². The first-order valence-corrected chi connectivity index (χ1v) is 21.3. The minimum absolute atomic E-state index is 0.000752. The Morgan fingerprint density at radius 2 is 1.35 bits per heavy atom. The molecule has 0 aliphatic heterocycles. The summed E-state index contributed by atoms with van der Waals surface area (Å²) in [5.74, 6) is 0.00742. The van der Waals surface area contributed by atoms with Gasteiger partial charge in [-0.05, 0) is 96.6 Å². The van der Waals surface area contributed by atoms with E-state index in [2.05, 4.69) is 60.9 Å². The number of benzene rings is 4. The van der Waals surface area contributed by atoms with Crippen LogP contribution < -0.4 is 10.6 Å². The molecule has 4 aromatic carbocycles. The van der Waals surface area contributed by atoms with Crippen LogP contribution in [0.15, 0.2) is 125 Å². The van der Waals surface area contributed by atoms with E-state index in [4.69, 9.17) is 10.5 Å². The molecule has 0 saturated carbocycles. The number of nitrogens with one attached hydrogen (secondary N) is 2. The summed E-state index contributed by atoms with van der Waals surface area (Å²) in [6, 6.07) is 23.8. The van der Waals surface area contributed by atoms with E-state index in [-0.39, 0.29) is 59.5 Å². The standard InChI is InChI=1S/C34H23N9O12S5/c1-18-28(17-36)32(37-21-2-7-25(8-3-21)59(46,47)48)39-33(38-22-4-9-26(10-5-22)60(49,50)51)31(18)42-43-34-20(16-35)14-30(56-34)41-40-23-6-11-27-19(12-23)13-24(57-54-52-44)15-29(27)58-55-53-45/h2-15,44-45H,1H3,(H2,37,38,39)(H,46,47,48)(H,49,50,51)/b41-40+,43-42+. The SMILES string of the molecule is Cc1c(C#N)c(Nc2ccc(S(=O)(=O)O)cc2)nc(Nc2ccc(S(=O)(=O)O)cc2)c1/N=N/c1sc(/N=N/c2ccc3c(SOOO)cc(SOOO)cc3c2)cc1C#N. The molecule has 2 heterocycles. The Morgan fingerprint density at radius 1 is 0.733 bits per heavy atom. The van der Waals surface area contributed by atoms with E-state index in [1.54, 1.807) is 37.3 Å². The monoisotopic (exact) mass is 909 g/mol. The molecule has 0 atom stereocenters. The molecule has 0 amide bonds. The molecule has 2 aromatic heterocycles. The van der Waals surface area contributed by atoms with Crippen molar-refractivity contribution in [2.45, 2.75) is 26.5 Å². The van der Waals surface area contributed by atoms with Crippen LogP contribution in [0.4, 0.5) is 44.4 Å². The number of anilines is 4. The Hall–Kier alpha value is -5.95. The first-order chi connectivity index (χ1) is 28.7. The Bertz CT molecular complexity index is 2950. The van der Waals surface area contributed by atoms with Crippen LogP contribution in [0, 0.1) is 29.6 Å². The van der Waals surface area contributed by atoms with Crippen LogP contribution in [0.25, 0.3) is 10.8 Å². The maximum Gasteiger partial charge on any atom is 0.294 e. The zero-order chi connectivity index (χ0) is 43.0. The number of hydrogen-bond donors (Lipinski definition) is 6. The van der Waals surface area contributed by atoms with Gasteiger partial charge in [0.2, 0.25) is 0 Å². The van der Waals surface area contributed by atoms with Gasteiger partial charge in [0.25, 0.3) is 20.2 Å². The fourth-order valence-electron chi connectivity index (χ4n) is 5.18. The molecule has 6 rings (SSSR count). The van der Waals surface area contributed by atoms with E-state index in [0.717, 1.165) is 35.6 Å². The lowest BCUT2D eigenvalue weighted by Crippen LogP contribution is -2.05. The van der Waals surface area contributed by atoms with Crippen LogP contribution in [-0.4, -0.2) is 41.4 Å². The molecule has 6 aromatic rings. The average Bonchev–Trinajstić information content (AvgIpc) is 3.62. The molecule has 0 radical (unpaired) electrons. The second-order valence-corrected chi connectivity index (χ2v) is 17.0. The molecular formula is C34H23N9O12S5. The molecule has 0 unspecified atom stereocenters. The van der Waals surface area contributed by atoms with Crippen molar-refractivity contribution in [3.8, 4) is 12.1 Å². The molecule has 0 saturated heterocycles. The molecule has 306 valence electrons. The zero-order valence-corrected chi connectivity index (χ0v) is 33.9. The average molecular weight is 910 g/mol. The van der Waals surface area contributed by atoms with E-state index in [9.17, 15) is 36.5 Å². The van der Waals surface area contributed by atoms with E-state index in [1.807, 2.05) is 6.07 Å². The second-order valence-electron chi connectivity index (χ2n) is 11.6. The lowest BCUT2D eigenvalue weighted by Gasteiger charge is -2.16. The van der Waals surface area contributed by atoms with Crippen molar-refractivity contribution < 1.29 is 55.2 Å². The number of azo groups is 2. The quantitative estimate of drug-likeness (QED) is 0.0173. The first-order valence-electron chi connectivity index (χ1n) is 16.1. The molecule has 60 heavy (non-hydrogen) atoms. The summed E-state index contributed by atoms with van der Waals surface area (Å²) in [6.07, 6.45) is 0. The predicted molar refractivity (Wildman–Crippen MR) is 215 cm³/mol. The first kappa shape index (κ1) is 43.6. The van der Waals surface area contributed by atoms with Crippen LogP contribution in [0.3, 0.4) is 0 Å². The highest BCUT2D eigenvalue weighted by Gasteiger charge is 2.20. The largest absolute Gasteiger partial charge is 0.339 e. The molecule has 26 heteroatoms. The second kappa shape index (κ2) is 19.0. The number of fused-ring (bicyclic) bond motifs is 1. The minimum atomic E-state index is -4.50. The van der Waals surface area contributed by atoms with E-state index >= 15 is 0 Å². The molecule has 0 aliphatic rings. The Balaban J connectivity index is 1.34. The van der Waals surface area contributed by atoms with Crippen molar-refractivity contribution >= 4 is 111 Å². The molecule has 21 nitrogen and oxygen atoms in total. The topological polar surface area (TPSA) is 320 Å². The van der Waals surface area contributed by atoms with Crippen LogP contribution in [-0.2, 0) is 39.0 Å². The molecule has 6 N–H and O–H groups in total. The highest BCUT2D eigenvalue weighted by atomic mass is 32.2. The Labute approximate surface area is 351 Å². The van der Waals surface area contributed by atoms with Crippen molar-refractivity contribution in [3.05, 3.63) is 102 Å². The third-order valence-corrected chi connectivity index (χ3v) is 11.7. The number of thiophene rings is 1. The smallest absolute Gasteiger partial charge is 0.294 e. The molecule has 0 spiro atoms. The lowest BCUT2D eigenvalue weighted by atomic mass is 10.1. The van der Waals surface area contributed by atoms with Crippen LogP contribution in [0.5, 0.6) is 0 Å².